The molecule has 0 aliphatic carbocycles. The number of nitrogens with zero attached hydrogens (tertiary/aromatic N) is 2. The Morgan fingerprint density at radius 1 is 1.38 bits per heavy atom. The predicted molar refractivity (Wildman–Crippen MR) is 95.0 cm³/mol. The molecule has 3 aromatic rings. The maximum absolute atomic E-state index is 9.14. The molecule has 0 bridgehead atoms. The Labute approximate surface area is 140 Å². The fourth-order valence-corrected chi connectivity index (χ4v) is 2.65. The Bertz CT molecular complexity index is 894. The van der Waals surface area contributed by atoms with Crippen molar-refractivity contribution in [3.05, 3.63) is 47.7 Å². The fraction of sp³-hybridized carbons (Fsp3) is 0.222. The van der Waals surface area contributed by atoms with Gasteiger partial charge in [-0.2, -0.15) is 10.2 Å². The Morgan fingerprint density at radius 2 is 2.21 bits per heavy atom. The Morgan fingerprint density at radius 3 is 3.00 bits per heavy atom. The molecule has 2 heterocycles. The number of ether oxygens (including phenoxy) is 1. The average Bonchev–Trinajstić information content (AvgIpc) is 2.99. The van der Waals surface area contributed by atoms with Crippen molar-refractivity contribution in [3.8, 4) is 11.9 Å². The third-order valence-corrected chi connectivity index (χ3v) is 3.78. The van der Waals surface area contributed by atoms with Gasteiger partial charge < -0.3 is 20.8 Å². The first-order valence-corrected chi connectivity index (χ1v) is 7.85. The summed E-state index contributed by atoms with van der Waals surface area (Å²) in [6.45, 7) is 2.97. The number of fused-ring (bicyclic) bond motifs is 1. The van der Waals surface area contributed by atoms with Crippen molar-refractivity contribution in [2.75, 3.05) is 24.2 Å². The van der Waals surface area contributed by atoms with Crippen LogP contribution in [0.1, 0.15) is 18.1 Å². The highest BCUT2D eigenvalue weighted by molar-refractivity contribution is 5.83. The van der Waals surface area contributed by atoms with Crippen LogP contribution in [0.4, 0.5) is 11.5 Å². The molecule has 24 heavy (non-hydrogen) atoms. The van der Waals surface area contributed by atoms with E-state index in [1.54, 1.807) is 6.07 Å². The van der Waals surface area contributed by atoms with Gasteiger partial charge in [-0.25, -0.2) is 0 Å². The summed E-state index contributed by atoms with van der Waals surface area (Å²) in [7, 11) is 0. The maximum Gasteiger partial charge on any atom is 0.235 e. The van der Waals surface area contributed by atoms with Crippen LogP contribution in [0.3, 0.4) is 0 Å². The van der Waals surface area contributed by atoms with Crippen molar-refractivity contribution >= 4 is 22.4 Å². The van der Waals surface area contributed by atoms with Gasteiger partial charge in [0.05, 0.1) is 12.3 Å². The van der Waals surface area contributed by atoms with Crippen LogP contribution in [0.2, 0.25) is 0 Å². The number of hydrogen-bond acceptors (Lipinski definition) is 5. The monoisotopic (exact) mass is 321 g/mol. The lowest BCUT2D eigenvalue weighted by Gasteiger charge is -2.11. The van der Waals surface area contributed by atoms with Crippen LogP contribution >= 0.6 is 0 Å². The highest BCUT2D eigenvalue weighted by Gasteiger charge is 2.11. The van der Waals surface area contributed by atoms with Crippen LogP contribution in [-0.4, -0.2) is 23.1 Å². The van der Waals surface area contributed by atoms with Crippen LogP contribution in [0.15, 0.2) is 36.5 Å². The van der Waals surface area contributed by atoms with Crippen LogP contribution < -0.4 is 15.8 Å². The minimum Gasteiger partial charge on any atom is -0.477 e. The van der Waals surface area contributed by atoms with E-state index in [1.807, 2.05) is 31.3 Å². The lowest BCUT2D eigenvalue weighted by atomic mass is 10.1. The number of nitrogens with one attached hydrogen (secondary N) is 2. The number of aromatic amines is 1. The van der Waals surface area contributed by atoms with Gasteiger partial charge in [0, 0.05) is 29.7 Å². The quantitative estimate of drug-likeness (QED) is 0.648. The molecule has 6 nitrogen and oxygen atoms in total. The van der Waals surface area contributed by atoms with E-state index in [0.717, 1.165) is 11.9 Å². The highest BCUT2D eigenvalue weighted by Crippen LogP contribution is 2.25. The van der Waals surface area contributed by atoms with Crippen molar-refractivity contribution in [3.63, 3.8) is 0 Å². The second-order valence-electron chi connectivity index (χ2n) is 5.36. The van der Waals surface area contributed by atoms with Gasteiger partial charge >= 0.3 is 0 Å². The van der Waals surface area contributed by atoms with Gasteiger partial charge in [0.25, 0.3) is 0 Å². The number of rotatable bonds is 6. The van der Waals surface area contributed by atoms with Crippen molar-refractivity contribution in [1.82, 2.24) is 9.97 Å². The van der Waals surface area contributed by atoms with Crippen LogP contribution in [0, 0.1) is 11.3 Å². The first kappa shape index (κ1) is 15.7. The number of nitrogens with two attached hydrogens (primary N) is 1. The molecular weight excluding hydrogens is 302 g/mol. The maximum atomic E-state index is 9.14. The molecule has 0 aliphatic rings. The molecule has 122 valence electrons. The van der Waals surface area contributed by atoms with E-state index in [4.69, 9.17) is 15.7 Å². The largest absolute Gasteiger partial charge is 0.477 e. The highest BCUT2D eigenvalue weighted by atomic mass is 16.5. The molecule has 4 N–H and O–H groups in total. The third-order valence-electron chi connectivity index (χ3n) is 3.78. The van der Waals surface area contributed by atoms with Crippen molar-refractivity contribution in [2.24, 2.45) is 0 Å². The van der Waals surface area contributed by atoms with E-state index in [-0.39, 0.29) is 11.4 Å². The smallest absolute Gasteiger partial charge is 0.235 e. The summed E-state index contributed by atoms with van der Waals surface area (Å²) in [6, 6.07) is 11.9. The lowest BCUT2D eigenvalue weighted by Crippen LogP contribution is -2.09. The van der Waals surface area contributed by atoms with Gasteiger partial charge in [-0.1, -0.05) is 18.2 Å². The minimum atomic E-state index is 0.273. The summed E-state index contributed by atoms with van der Waals surface area (Å²) in [6.07, 6.45) is 2.87. The second kappa shape index (κ2) is 6.92. The molecule has 0 radical (unpaired) electrons. The normalized spacial score (nSPS) is 10.5. The number of hydrogen-bond donors (Lipinski definition) is 3. The molecule has 0 aliphatic heterocycles. The van der Waals surface area contributed by atoms with Crippen molar-refractivity contribution in [2.45, 2.75) is 13.3 Å². The summed E-state index contributed by atoms with van der Waals surface area (Å²) in [4.78, 5) is 7.60. The van der Waals surface area contributed by atoms with Gasteiger partial charge in [0.1, 0.15) is 17.5 Å². The summed E-state index contributed by atoms with van der Waals surface area (Å²) in [5.74, 6) is 0.879. The van der Waals surface area contributed by atoms with E-state index in [1.165, 1.54) is 10.9 Å². The molecule has 0 saturated heterocycles. The number of anilines is 2. The first-order chi connectivity index (χ1) is 11.7. The van der Waals surface area contributed by atoms with E-state index < -0.39 is 0 Å². The zero-order valence-corrected chi connectivity index (χ0v) is 13.5. The van der Waals surface area contributed by atoms with Gasteiger partial charge in [-0.3, -0.25) is 0 Å². The lowest BCUT2D eigenvalue weighted by molar-refractivity contribution is 0.326. The van der Waals surface area contributed by atoms with E-state index in [0.29, 0.717) is 24.7 Å². The molecule has 0 atom stereocenters. The molecule has 3 rings (SSSR count). The Kier molecular flexibility index (Phi) is 4.52. The van der Waals surface area contributed by atoms with Gasteiger partial charge in [0.2, 0.25) is 5.88 Å². The van der Waals surface area contributed by atoms with Gasteiger partial charge in [0.15, 0.2) is 0 Å². The number of nitriles is 1. The Hall–Kier alpha value is -3.20. The van der Waals surface area contributed by atoms with E-state index >= 15 is 0 Å². The van der Waals surface area contributed by atoms with Crippen molar-refractivity contribution < 1.29 is 4.74 Å². The first-order valence-electron chi connectivity index (χ1n) is 7.85. The van der Waals surface area contributed by atoms with Gasteiger partial charge in [-0.15, -0.1) is 0 Å². The number of nitrogen functional groups attached to an aromatic ring is 1. The third kappa shape index (κ3) is 3.10. The number of H-pyrrole nitrogens is 1. The molecule has 1 aromatic carbocycles. The molecule has 0 spiro atoms. The molecule has 6 heteroatoms. The predicted octanol–water partition coefficient (Wildman–Crippen LogP) is 3.07. The minimum absolute atomic E-state index is 0.273. The topological polar surface area (TPSA) is 99.8 Å². The zero-order chi connectivity index (χ0) is 16.9. The summed E-state index contributed by atoms with van der Waals surface area (Å²) in [5, 5.41) is 13.6. The van der Waals surface area contributed by atoms with Gasteiger partial charge in [-0.05, 0) is 25.0 Å². The van der Waals surface area contributed by atoms with Crippen LogP contribution in [0.5, 0.6) is 5.88 Å². The Balaban J connectivity index is 1.72. The zero-order valence-electron chi connectivity index (χ0n) is 13.5. The molecule has 2 aromatic heterocycles. The van der Waals surface area contributed by atoms with E-state index in [9.17, 15) is 0 Å². The summed E-state index contributed by atoms with van der Waals surface area (Å²) in [5.41, 5.74) is 8.93. The van der Waals surface area contributed by atoms with Crippen LogP contribution in [0.25, 0.3) is 10.9 Å². The summed E-state index contributed by atoms with van der Waals surface area (Å²) < 4.78 is 5.40. The SMILES string of the molecule is CCOc1nc(NCCc2c[nH]c3ccccc23)cc(N)c1C#N. The standard InChI is InChI=1S/C18H19N5O/c1-2-24-18-14(10-19)15(20)9-17(23-18)21-8-7-12-11-22-16-6-4-3-5-13(12)16/h3-6,9,11,22H,2,7-8H2,1H3,(H3,20,21,23). The number of benzene rings is 1. The molecule has 0 fully saturated rings. The summed E-state index contributed by atoms with van der Waals surface area (Å²) >= 11 is 0. The number of para-hydroxylation sites is 1. The average molecular weight is 321 g/mol. The van der Waals surface area contributed by atoms with Crippen LogP contribution in [-0.2, 0) is 6.42 Å². The van der Waals surface area contributed by atoms with Crippen molar-refractivity contribution in [1.29, 1.82) is 5.26 Å². The number of aromatic nitrogens is 2. The molecule has 0 unspecified atom stereocenters. The molecule has 0 amide bonds. The fourth-order valence-electron chi connectivity index (χ4n) is 2.65. The molecular formula is C18H19N5O. The molecule has 0 saturated carbocycles. The second-order valence-corrected chi connectivity index (χ2v) is 5.36. The van der Waals surface area contributed by atoms with E-state index in [2.05, 4.69) is 27.4 Å². The number of pyridine rings is 1.